The molecular weight excluding hydrogens is 579 g/mol. The van der Waals surface area contributed by atoms with Gasteiger partial charge in [-0.25, -0.2) is 15.0 Å². The summed E-state index contributed by atoms with van der Waals surface area (Å²) in [5, 5.41) is 3.25. The smallest absolute Gasteiger partial charge is 0.324 e. The summed E-state index contributed by atoms with van der Waals surface area (Å²) in [6, 6.07) is 14.6. The van der Waals surface area contributed by atoms with Gasteiger partial charge >= 0.3 is 6.18 Å². The van der Waals surface area contributed by atoms with E-state index in [2.05, 4.69) is 25.3 Å². The molecule has 0 atom stereocenters. The number of nitrogens with zero attached hydrogens (tertiary/aromatic N) is 6. The van der Waals surface area contributed by atoms with Gasteiger partial charge in [0.25, 0.3) is 0 Å². The molecule has 0 unspecified atom stereocenters. The highest BCUT2D eigenvalue weighted by Gasteiger charge is 2.34. The van der Waals surface area contributed by atoms with Crippen molar-refractivity contribution in [2.75, 3.05) is 10.2 Å². The summed E-state index contributed by atoms with van der Waals surface area (Å²) in [7, 11) is 0. The van der Waals surface area contributed by atoms with Crippen LogP contribution in [-0.2, 0) is 11.0 Å². The number of amides is 1. The minimum Gasteiger partial charge on any atom is -0.324 e. The molecule has 2 aromatic carbocycles. The van der Waals surface area contributed by atoms with E-state index in [0.717, 1.165) is 42.5 Å². The van der Waals surface area contributed by atoms with Crippen molar-refractivity contribution in [3.8, 4) is 16.9 Å². The van der Waals surface area contributed by atoms with Crippen molar-refractivity contribution in [1.29, 1.82) is 0 Å². The maximum atomic E-state index is 14.2. The van der Waals surface area contributed by atoms with Crippen LogP contribution in [0.4, 0.5) is 36.2 Å². The minimum absolute atomic E-state index is 0.131. The first-order valence-corrected chi connectivity index (χ1v) is 14.8. The van der Waals surface area contributed by atoms with Gasteiger partial charge in [-0.05, 0) is 80.8 Å². The van der Waals surface area contributed by atoms with Crippen LogP contribution in [0.15, 0.2) is 85.7 Å². The molecule has 0 saturated heterocycles. The fourth-order valence-electron chi connectivity index (χ4n) is 5.63. The van der Waals surface area contributed by atoms with Gasteiger partial charge in [0.2, 0.25) is 11.9 Å². The number of carbonyl (C=O) groups excluding carboxylic acids is 1. The Hall–Kier alpha value is -5.06. The number of nitrogens with one attached hydrogen (secondary N) is 1. The Morgan fingerprint density at radius 1 is 0.956 bits per heavy atom. The first kappa shape index (κ1) is 30.0. The van der Waals surface area contributed by atoms with Crippen molar-refractivity contribution in [2.24, 2.45) is 5.92 Å². The molecule has 3 heterocycles. The molecule has 5 aromatic rings. The second-order valence-corrected chi connectivity index (χ2v) is 11.3. The van der Waals surface area contributed by atoms with Gasteiger partial charge in [-0.15, -0.1) is 0 Å². The number of imidazole rings is 1. The monoisotopic (exact) mass is 611 g/mol. The highest BCUT2D eigenvalue weighted by Crippen LogP contribution is 2.39. The van der Waals surface area contributed by atoms with Crippen LogP contribution in [0.25, 0.3) is 16.9 Å². The molecule has 0 radical (unpaired) electrons. The summed E-state index contributed by atoms with van der Waals surface area (Å²) in [6.07, 6.45) is 7.74. The number of hydrogen-bond acceptors (Lipinski definition) is 6. The average molecular weight is 612 g/mol. The van der Waals surface area contributed by atoms with Crippen LogP contribution in [-0.4, -0.2) is 30.4 Å². The highest BCUT2D eigenvalue weighted by atomic mass is 19.4. The van der Waals surface area contributed by atoms with Crippen LogP contribution in [0, 0.1) is 19.8 Å². The normalized spacial score (nSPS) is 13.9. The van der Waals surface area contributed by atoms with Gasteiger partial charge < -0.3 is 9.88 Å². The lowest BCUT2D eigenvalue weighted by Gasteiger charge is -2.31. The summed E-state index contributed by atoms with van der Waals surface area (Å²) >= 11 is 0. The standard InChI is InChI=1S/C34H32F3N7O/c1-22-10-11-27(18-31(22)42-33-39-14-12-30(41-33)25-9-6-13-38-19-25)44(32(45)24-7-4-3-5-8-24)29-16-26(34(35,36)37)15-28(17-29)43-20-23(2)40-21-43/h6,9-21,24H,3-5,7-8H2,1-2H3,(H,39,41,42). The van der Waals surface area contributed by atoms with E-state index in [4.69, 9.17) is 0 Å². The van der Waals surface area contributed by atoms with Crippen molar-refractivity contribution in [3.63, 3.8) is 0 Å². The predicted octanol–water partition coefficient (Wildman–Crippen LogP) is 8.35. The van der Waals surface area contributed by atoms with Gasteiger partial charge in [0.1, 0.15) is 0 Å². The van der Waals surface area contributed by atoms with Crippen molar-refractivity contribution >= 4 is 28.9 Å². The number of aryl methyl sites for hydroxylation is 2. The summed E-state index contributed by atoms with van der Waals surface area (Å²) < 4.78 is 44.3. The van der Waals surface area contributed by atoms with Crippen LogP contribution in [0.1, 0.15) is 48.9 Å². The van der Waals surface area contributed by atoms with E-state index in [1.54, 1.807) is 56.0 Å². The Balaban J connectivity index is 1.44. The van der Waals surface area contributed by atoms with E-state index < -0.39 is 11.7 Å². The van der Waals surface area contributed by atoms with Gasteiger partial charge in [0.15, 0.2) is 0 Å². The molecule has 45 heavy (non-hydrogen) atoms. The van der Waals surface area contributed by atoms with E-state index in [1.165, 1.54) is 15.8 Å². The fraction of sp³-hybridized carbons (Fsp3) is 0.265. The van der Waals surface area contributed by atoms with E-state index >= 15 is 0 Å². The minimum atomic E-state index is -4.63. The number of hydrogen-bond donors (Lipinski definition) is 1. The fourth-order valence-corrected chi connectivity index (χ4v) is 5.63. The van der Waals surface area contributed by atoms with Crippen molar-refractivity contribution in [3.05, 3.63) is 103 Å². The summed E-state index contributed by atoms with van der Waals surface area (Å²) in [6.45, 7) is 3.66. The lowest BCUT2D eigenvalue weighted by molar-refractivity contribution is -0.137. The molecule has 6 rings (SSSR count). The quantitative estimate of drug-likeness (QED) is 0.199. The first-order valence-electron chi connectivity index (χ1n) is 14.8. The summed E-state index contributed by atoms with van der Waals surface area (Å²) in [5.41, 5.74) is 3.60. The zero-order valence-corrected chi connectivity index (χ0v) is 24.9. The van der Waals surface area contributed by atoms with Gasteiger partial charge in [0, 0.05) is 47.6 Å². The maximum Gasteiger partial charge on any atom is 0.416 e. The zero-order valence-electron chi connectivity index (χ0n) is 24.9. The number of pyridine rings is 1. The Labute approximate surface area is 259 Å². The topological polar surface area (TPSA) is 88.8 Å². The molecule has 1 fully saturated rings. The molecule has 1 aliphatic carbocycles. The number of rotatable bonds is 7. The third-order valence-electron chi connectivity index (χ3n) is 8.01. The number of aromatic nitrogens is 5. The zero-order chi connectivity index (χ0) is 31.6. The number of alkyl halides is 3. The van der Waals surface area contributed by atoms with Crippen molar-refractivity contribution in [1.82, 2.24) is 24.5 Å². The molecule has 0 spiro atoms. The third kappa shape index (κ3) is 6.72. The summed E-state index contributed by atoms with van der Waals surface area (Å²) in [4.78, 5) is 33.0. The van der Waals surface area contributed by atoms with Gasteiger partial charge in [-0.2, -0.15) is 13.2 Å². The second-order valence-electron chi connectivity index (χ2n) is 11.3. The van der Waals surface area contributed by atoms with Crippen molar-refractivity contribution in [2.45, 2.75) is 52.1 Å². The van der Waals surface area contributed by atoms with Crippen LogP contribution in [0.5, 0.6) is 0 Å². The largest absolute Gasteiger partial charge is 0.416 e. The lowest BCUT2D eigenvalue weighted by atomic mass is 9.88. The number of halogens is 3. The molecule has 11 heteroatoms. The van der Waals surface area contributed by atoms with Crippen LogP contribution < -0.4 is 10.2 Å². The van der Waals surface area contributed by atoms with Gasteiger partial charge in [0.05, 0.1) is 34.7 Å². The molecule has 0 aliphatic heterocycles. The molecule has 1 amide bonds. The average Bonchev–Trinajstić information content (AvgIpc) is 3.49. The number of anilines is 4. The number of benzene rings is 2. The molecular formula is C34H32F3N7O. The third-order valence-corrected chi connectivity index (χ3v) is 8.01. The molecule has 8 nitrogen and oxygen atoms in total. The van der Waals surface area contributed by atoms with Gasteiger partial charge in [-0.1, -0.05) is 25.3 Å². The first-order chi connectivity index (χ1) is 21.7. The molecule has 1 saturated carbocycles. The van der Waals surface area contributed by atoms with E-state index in [0.29, 0.717) is 41.6 Å². The van der Waals surface area contributed by atoms with Crippen LogP contribution >= 0.6 is 0 Å². The molecule has 1 N–H and O–H groups in total. The predicted molar refractivity (Wildman–Crippen MR) is 167 cm³/mol. The van der Waals surface area contributed by atoms with Gasteiger partial charge in [-0.3, -0.25) is 14.7 Å². The maximum absolute atomic E-state index is 14.2. The Morgan fingerprint density at radius 3 is 2.49 bits per heavy atom. The Morgan fingerprint density at radius 2 is 1.78 bits per heavy atom. The number of carbonyl (C=O) groups is 1. The van der Waals surface area contributed by atoms with E-state index in [1.807, 2.05) is 25.1 Å². The Bertz CT molecular complexity index is 1810. The second kappa shape index (κ2) is 12.5. The Kier molecular flexibility index (Phi) is 8.34. The molecule has 1 aliphatic rings. The summed E-state index contributed by atoms with van der Waals surface area (Å²) in [5.74, 6) is -0.200. The molecule has 230 valence electrons. The van der Waals surface area contributed by atoms with E-state index in [-0.39, 0.29) is 23.2 Å². The highest BCUT2D eigenvalue weighted by molar-refractivity contribution is 6.02. The molecule has 3 aromatic heterocycles. The van der Waals surface area contributed by atoms with Crippen LogP contribution in [0.2, 0.25) is 0 Å². The molecule has 0 bridgehead atoms. The SMILES string of the molecule is Cc1cn(-c2cc(N(C(=O)C3CCCCC3)c3ccc(C)c(Nc4nccc(-c5cccnc5)n4)c3)cc(C(F)(F)F)c2)cn1. The van der Waals surface area contributed by atoms with E-state index in [9.17, 15) is 18.0 Å². The van der Waals surface area contributed by atoms with Crippen molar-refractivity contribution < 1.29 is 18.0 Å². The lowest BCUT2D eigenvalue weighted by Crippen LogP contribution is -2.34. The van der Waals surface area contributed by atoms with Crippen LogP contribution in [0.3, 0.4) is 0 Å².